The number of carbonyl (C=O) groups excluding carboxylic acids is 1. The SMILES string of the molecule is CCCC(O)C(=N)c1cc(C=O)ccc1Nc1cccc(OC(F)F)c1.CNC1(C)CSC1. The number of carbonyl (C=O) groups is 1. The van der Waals surface area contributed by atoms with Crippen molar-refractivity contribution in [3.8, 4) is 5.75 Å². The van der Waals surface area contributed by atoms with Crippen LogP contribution in [0.25, 0.3) is 0 Å². The smallest absolute Gasteiger partial charge is 0.387 e. The highest BCUT2D eigenvalue weighted by atomic mass is 32.2. The molecule has 1 aliphatic heterocycles. The van der Waals surface area contributed by atoms with E-state index in [2.05, 4.69) is 22.3 Å². The number of hydrogen-bond acceptors (Lipinski definition) is 7. The fraction of sp³-hybridized carbons (Fsp3) is 0.417. The molecule has 0 radical (unpaired) electrons. The monoisotopic (exact) mass is 479 g/mol. The zero-order chi connectivity index (χ0) is 24.4. The molecule has 0 amide bonds. The maximum absolute atomic E-state index is 12.4. The maximum atomic E-state index is 12.4. The van der Waals surface area contributed by atoms with Gasteiger partial charge in [0.05, 0.1) is 11.8 Å². The van der Waals surface area contributed by atoms with E-state index in [1.807, 2.05) is 25.7 Å². The first kappa shape index (κ1) is 26.8. The second-order valence-electron chi connectivity index (χ2n) is 7.98. The Bertz CT molecular complexity index is 933. The number of nitrogens with one attached hydrogen (secondary N) is 3. The summed E-state index contributed by atoms with van der Waals surface area (Å²) >= 11 is 2.01. The minimum Gasteiger partial charge on any atom is -0.435 e. The highest BCUT2D eigenvalue weighted by Crippen LogP contribution is 2.28. The Morgan fingerprint density at radius 2 is 2.03 bits per heavy atom. The first-order chi connectivity index (χ1) is 15.7. The van der Waals surface area contributed by atoms with E-state index < -0.39 is 12.7 Å². The minimum absolute atomic E-state index is 0.00263. The molecule has 2 aromatic rings. The number of hydrogen-bond donors (Lipinski definition) is 4. The molecule has 0 saturated carbocycles. The Hall–Kier alpha value is -2.49. The minimum atomic E-state index is -2.93. The fourth-order valence-electron chi connectivity index (χ4n) is 3.02. The third kappa shape index (κ3) is 8.10. The van der Waals surface area contributed by atoms with Gasteiger partial charge in [-0.3, -0.25) is 4.79 Å². The molecule has 1 unspecified atom stereocenters. The van der Waals surface area contributed by atoms with Crippen LogP contribution in [-0.4, -0.2) is 53.9 Å². The Morgan fingerprint density at radius 3 is 2.55 bits per heavy atom. The Kier molecular flexibility index (Phi) is 10.3. The van der Waals surface area contributed by atoms with Crippen molar-refractivity contribution in [3.63, 3.8) is 0 Å². The molecule has 33 heavy (non-hydrogen) atoms. The van der Waals surface area contributed by atoms with Gasteiger partial charge in [-0.2, -0.15) is 20.5 Å². The van der Waals surface area contributed by atoms with Crippen molar-refractivity contribution >= 4 is 35.1 Å². The topological polar surface area (TPSA) is 94.4 Å². The standard InChI is InChI=1S/C19H20F2N2O3.C5H11NS/c1-2-4-17(25)18(22)15-9-12(11-24)7-8-16(15)23-13-5-3-6-14(10-13)26-19(20)21;1-5(6-2)3-7-4-5/h3,5-11,17,19,22-23,25H,2,4H2,1H3;6H,3-4H2,1-2H3. The molecule has 3 rings (SSSR count). The quantitative estimate of drug-likeness (QED) is 0.280. The van der Waals surface area contributed by atoms with Gasteiger partial charge in [0.15, 0.2) is 0 Å². The number of aliphatic hydroxyl groups excluding tert-OH is 1. The molecule has 0 aromatic heterocycles. The van der Waals surface area contributed by atoms with Gasteiger partial charge in [0.1, 0.15) is 12.0 Å². The van der Waals surface area contributed by atoms with Crippen LogP contribution in [-0.2, 0) is 0 Å². The summed E-state index contributed by atoms with van der Waals surface area (Å²) in [5, 5.41) is 24.6. The lowest BCUT2D eigenvalue weighted by atomic mass is 9.98. The van der Waals surface area contributed by atoms with Crippen LogP contribution >= 0.6 is 11.8 Å². The number of rotatable bonds is 10. The van der Waals surface area contributed by atoms with Gasteiger partial charge < -0.3 is 25.9 Å². The zero-order valence-electron chi connectivity index (χ0n) is 19.0. The van der Waals surface area contributed by atoms with Gasteiger partial charge in [0, 0.05) is 45.6 Å². The Morgan fingerprint density at radius 1 is 1.30 bits per heavy atom. The molecule has 2 aromatic carbocycles. The van der Waals surface area contributed by atoms with E-state index >= 15 is 0 Å². The van der Waals surface area contributed by atoms with Gasteiger partial charge in [-0.1, -0.05) is 19.4 Å². The first-order valence-electron chi connectivity index (χ1n) is 10.7. The summed E-state index contributed by atoms with van der Waals surface area (Å²) in [5.41, 5.74) is 2.15. The molecule has 9 heteroatoms. The fourth-order valence-corrected chi connectivity index (χ4v) is 4.13. The molecule has 4 N–H and O–H groups in total. The number of anilines is 2. The Labute approximate surface area is 197 Å². The molecular weight excluding hydrogens is 448 g/mol. The largest absolute Gasteiger partial charge is 0.435 e. The van der Waals surface area contributed by atoms with Crippen LogP contribution in [0.5, 0.6) is 5.75 Å². The Balaban J connectivity index is 0.000000468. The summed E-state index contributed by atoms with van der Waals surface area (Å²) in [4.78, 5) is 11.1. The van der Waals surface area contributed by atoms with Crippen LogP contribution in [0.15, 0.2) is 42.5 Å². The van der Waals surface area contributed by atoms with Crippen LogP contribution in [0.4, 0.5) is 20.2 Å². The first-order valence-corrected chi connectivity index (χ1v) is 11.8. The molecule has 1 fully saturated rings. The van der Waals surface area contributed by atoms with Crippen molar-refractivity contribution in [2.45, 2.75) is 44.9 Å². The molecular formula is C24H31F2N3O3S. The number of halogens is 2. The van der Waals surface area contributed by atoms with Crippen LogP contribution in [0.3, 0.4) is 0 Å². The van der Waals surface area contributed by atoms with Gasteiger partial charge in [-0.15, -0.1) is 0 Å². The van der Waals surface area contributed by atoms with E-state index in [-0.39, 0.29) is 11.5 Å². The van der Waals surface area contributed by atoms with E-state index in [0.29, 0.717) is 47.2 Å². The molecule has 1 heterocycles. The van der Waals surface area contributed by atoms with Crippen LogP contribution in [0.1, 0.15) is 42.6 Å². The van der Waals surface area contributed by atoms with Crippen LogP contribution in [0, 0.1) is 5.41 Å². The van der Waals surface area contributed by atoms with Crippen LogP contribution < -0.4 is 15.4 Å². The van der Waals surface area contributed by atoms with Gasteiger partial charge in [0.2, 0.25) is 0 Å². The lowest BCUT2D eigenvalue weighted by Gasteiger charge is -2.37. The molecule has 0 bridgehead atoms. The van der Waals surface area contributed by atoms with Crippen molar-refractivity contribution in [3.05, 3.63) is 53.6 Å². The average molecular weight is 480 g/mol. The second-order valence-corrected chi connectivity index (χ2v) is 8.96. The highest BCUT2D eigenvalue weighted by Gasteiger charge is 2.29. The number of aliphatic hydroxyl groups is 1. The molecule has 1 atom stereocenters. The molecule has 0 aliphatic carbocycles. The third-order valence-electron chi connectivity index (χ3n) is 5.15. The number of benzene rings is 2. The van der Waals surface area contributed by atoms with Crippen molar-refractivity contribution in [1.82, 2.24) is 5.32 Å². The van der Waals surface area contributed by atoms with E-state index in [4.69, 9.17) is 5.41 Å². The van der Waals surface area contributed by atoms with E-state index in [0.717, 1.165) is 0 Å². The lowest BCUT2D eigenvalue weighted by molar-refractivity contribution is -0.0498. The molecule has 180 valence electrons. The summed E-state index contributed by atoms with van der Waals surface area (Å²) in [6, 6.07) is 10.7. The third-order valence-corrected chi connectivity index (χ3v) is 6.83. The number of aldehydes is 1. The van der Waals surface area contributed by atoms with Crippen molar-refractivity contribution in [2.24, 2.45) is 0 Å². The number of thioether (sulfide) groups is 1. The summed E-state index contributed by atoms with van der Waals surface area (Å²) in [7, 11) is 2.03. The van der Waals surface area contributed by atoms with Gasteiger partial charge in [0.25, 0.3) is 0 Å². The summed E-state index contributed by atoms with van der Waals surface area (Å²) in [6.07, 6.45) is 0.814. The predicted molar refractivity (Wildman–Crippen MR) is 131 cm³/mol. The predicted octanol–water partition coefficient (Wildman–Crippen LogP) is 5.08. The summed E-state index contributed by atoms with van der Waals surface area (Å²) in [6.45, 7) is 1.22. The molecule has 6 nitrogen and oxygen atoms in total. The normalized spacial score (nSPS) is 15.0. The van der Waals surface area contributed by atoms with E-state index in [9.17, 15) is 18.7 Å². The summed E-state index contributed by atoms with van der Waals surface area (Å²) in [5.74, 6) is 2.56. The zero-order valence-corrected chi connectivity index (χ0v) is 19.8. The van der Waals surface area contributed by atoms with Crippen molar-refractivity contribution in [1.29, 1.82) is 5.41 Å². The van der Waals surface area contributed by atoms with Gasteiger partial charge >= 0.3 is 6.61 Å². The van der Waals surface area contributed by atoms with Gasteiger partial charge in [-0.25, -0.2) is 0 Å². The average Bonchev–Trinajstić information content (AvgIpc) is 2.77. The van der Waals surface area contributed by atoms with Crippen LogP contribution in [0.2, 0.25) is 0 Å². The highest BCUT2D eigenvalue weighted by molar-refractivity contribution is 8.00. The van der Waals surface area contributed by atoms with Crippen molar-refractivity contribution < 1.29 is 23.4 Å². The number of alkyl halides is 2. The summed E-state index contributed by atoms with van der Waals surface area (Å²) < 4.78 is 29.1. The van der Waals surface area contributed by atoms with E-state index in [1.165, 1.54) is 29.7 Å². The van der Waals surface area contributed by atoms with Gasteiger partial charge in [-0.05, 0) is 50.7 Å². The maximum Gasteiger partial charge on any atom is 0.387 e. The molecule has 0 spiro atoms. The molecule has 1 saturated heterocycles. The van der Waals surface area contributed by atoms with Crippen molar-refractivity contribution in [2.75, 3.05) is 23.9 Å². The van der Waals surface area contributed by atoms with E-state index in [1.54, 1.807) is 24.3 Å². The second kappa shape index (κ2) is 12.7. The molecule has 1 aliphatic rings. The lowest BCUT2D eigenvalue weighted by Crippen LogP contribution is -2.51. The number of ether oxygens (including phenoxy) is 1.